The summed E-state index contributed by atoms with van der Waals surface area (Å²) < 4.78 is 2.07. The van der Waals surface area contributed by atoms with Crippen LogP contribution in [0.1, 0.15) is 5.56 Å². The second kappa shape index (κ2) is 3.31. The van der Waals surface area contributed by atoms with Crippen molar-refractivity contribution < 1.29 is 0 Å². The Morgan fingerprint density at radius 2 is 2.23 bits per heavy atom. The van der Waals surface area contributed by atoms with Gasteiger partial charge in [-0.05, 0) is 34.7 Å². The molecule has 1 aromatic heterocycles. The molecule has 2 aromatic rings. The second-order valence-electron chi connectivity index (χ2n) is 2.62. The molecule has 0 saturated heterocycles. The van der Waals surface area contributed by atoms with Crippen LogP contribution in [-0.4, -0.2) is 4.98 Å². The summed E-state index contributed by atoms with van der Waals surface area (Å²) in [6, 6.07) is 5.98. The van der Waals surface area contributed by atoms with Gasteiger partial charge in [0, 0.05) is 19.6 Å². The van der Waals surface area contributed by atoms with Crippen molar-refractivity contribution in [2.24, 2.45) is 0 Å². The van der Waals surface area contributed by atoms with Crippen molar-refractivity contribution >= 4 is 49.4 Å². The van der Waals surface area contributed by atoms with E-state index < -0.39 is 0 Å². The lowest BCUT2D eigenvalue weighted by Gasteiger charge is -1.95. The van der Waals surface area contributed by atoms with Crippen molar-refractivity contribution in [2.75, 3.05) is 0 Å². The van der Waals surface area contributed by atoms with Crippen LogP contribution in [-0.2, 0) is 0 Å². The molecule has 2 nitrogen and oxygen atoms in total. The Balaban J connectivity index is 2.94. The highest BCUT2D eigenvalue weighted by atomic mass is 127. The van der Waals surface area contributed by atoms with Crippen LogP contribution in [0.4, 0.5) is 0 Å². The van der Waals surface area contributed by atoms with Crippen LogP contribution in [0, 0.1) is 14.9 Å². The summed E-state index contributed by atoms with van der Waals surface area (Å²) in [7, 11) is 0. The van der Waals surface area contributed by atoms with Crippen LogP contribution in [0.25, 0.3) is 10.9 Å². The third-order valence-electron chi connectivity index (χ3n) is 1.82. The molecule has 0 aliphatic carbocycles. The van der Waals surface area contributed by atoms with E-state index in [0.717, 1.165) is 18.9 Å². The molecule has 4 heteroatoms. The lowest BCUT2D eigenvalue weighted by molar-refractivity contribution is 1.43. The highest BCUT2D eigenvalue weighted by Crippen LogP contribution is 2.26. The molecule has 0 saturated carbocycles. The summed E-state index contributed by atoms with van der Waals surface area (Å²) in [6.45, 7) is 0. The van der Waals surface area contributed by atoms with Crippen LogP contribution in [0.2, 0.25) is 0 Å². The Kier molecular flexibility index (Phi) is 2.30. The van der Waals surface area contributed by atoms with E-state index in [1.807, 2.05) is 18.3 Å². The van der Waals surface area contributed by atoms with Crippen LogP contribution in [0.5, 0.6) is 0 Å². The molecule has 0 unspecified atom stereocenters. The SMILES string of the molecule is N#Cc1cc(Br)cc2c(I)c[nH]c12. The van der Waals surface area contributed by atoms with Crippen molar-refractivity contribution in [2.45, 2.75) is 0 Å². The fourth-order valence-electron chi connectivity index (χ4n) is 1.25. The molecule has 13 heavy (non-hydrogen) atoms. The number of aromatic amines is 1. The lowest BCUT2D eigenvalue weighted by Crippen LogP contribution is -1.78. The summed E-state index contributed by atoms with van der Waals surface area (Å²) in [5.74, 6) is 0. The van der Waals surface area contributed by atoms with Gasteiger partial charge in [-0.1, -0.05) is 15.9 Å². The molecule has 0 atom stereocenters. The number of rotatable bonds is 0. The van der Waals surface area contributed by atoms with E-state index in [1.165, 1.54) is 0 Å². The first-order valence-corrected chi connectivity index (χ1v) is 5.46. The van der Waals surface area contributed by atoms with Gasteiger partial charge in [-0.15, -0.1) is 0 Å². The largest absolute Gasteiger partial charge is 0.359 e. The zero-order chi connectivity index (χ0) is 9.42. The van der Waals surface area contributed by atoms with Gasteiger partial charge in [0.05, 0.1) is 11.1 Å². The molecule has 1 heterocycles. The fourth-order valence-corrected chi connectivity index (χ4v) is 2.29. The molecule has 0 spiro atoms. The highest BCUT2D eigenvalue weighted by molar-refractivity contribution is 14.1. The predicted octanol–water partition coefficient (Wildman–Crippen LogP) is 3.41. The third-order valence-corrected chi connectivity index (χ3v) is 3.17. The van der Waals surface area contributed by atoms with E-state index in [0.29, 0.717) is 5.56 Å². The molecule has 0 amide bonds. The van der Waals surface area contributed by atoms with E-state index in [1.54, 1.807) is 0 Å². The number of nitrogens with zero attached hydrogens (tertiary/aromatic N) is 1. The van der Waals surface area contributed by atoms with Gasteiger partial charge in [0.1, 0.15) is 6.07 Å². The van der Waals surface area contributed by atoms with Gasteiger partial charge in [-0.25, -0.2) is 0 Å². The highest BCUT2D eigenvalue weighted by Gasteiger charge is 2.06. The maximum Gasteiger partial charge on any atom is 0.101 e. The lowest BCUT2D eigenvalue weighted by atomic mass is 10.2. The molecule has 0 aliphatic heterocycles. The zero-order valence-electron chi connectivity index (χ0n) is 6.44. The number of hydrogen-bond donors (Lipinski definition) is 1. The van der Waals surface area contributed by atoms with Gasteiger partial charge in [-0.2, -0.15) is 5.26 Å². The number of nitrogens with one attached hydrogen (secondary N) is 1. The standard InChI is InChI=1S/C9H4BrIN2/c10-6-1-5(3-12)9-7(2-6)8(11)4-13-9/h1-2,4,13H. The summed E-state index contributed by atoms with van der Waals surface area (Å²) in [6.07, 6.45) is 1.90. The van der Waals surface area contributed by atoms with Crippen molar-refractivity contribution in [3.8, 4) is 6.07 Å². The summed E-state index contributed by atoms with van der Waals surface area (Å²) in [5, 5.41) is 9.97. The van der Waals surface area contributed by atoms with E-state index in [4.69, 9.17) is 5.26 Å². The maximum atomic E-state index is 8.88. The number of benzene rings is 1. The van der Waals surface area contributed by atoms with Gasteiger partial charge in [0.2, 0.25) is 0 Å². The van der Waals surface area contributed by atoms with Crippen molar-refractivity contribution in [3.05, 3.63) is 31.9 Å². The quantitative estimate of drug-likeness (QED) is 0.729. The summed E-state index contributed by atoms with van der Waals surface area (Å²) in [4.78, 5) is 3.08. The summed E-state index contributed by atoms with van der Waals surface area (Å²) >= 11 is 5.62. The second-order valence-corrected chi connectivity index (χ2v) is 4.70. The minimum atomic E-state index is 0.673. The number of aromatic nitrogens is 1. The molecule has 1 aromatic carbocycles. The Morgan fingerprint density at radius 1 is 1.46 bits per heavy atom. The molecule has 0 aliphatic rings. The molecule has 0 bridgehead atoms. The Hall–Kier alpha value is -0.540. The molecule has 1 N–H and O–H groups in total. The maximum absolute atomic E-state index is 8.88. The molecule has 64 valence electrons. The predicted molar refractivity (Wildman–Crippen MR) is 63.4 cm³/mol. The van der Waals surface area contributed by atoms with Crippen LogP contribution in [0.15, 0.2) is 22.8 Å². The van der Waals surface area contributed by atoms with Crippen molar-refractivity contribution in [3.63, 3.8) is 0 Å². The van der Waals surface area contributed by atoms with Crippen molar-refractivity contribution in [1.82, 2.24) is 4.98 Å². The van der Waals surface area contributed by atoms with Gasteiger partial charge >= 0.3 is 0 Å². The number of hydrogen-bond acceptors (Lipinski definition) is 1. The molecular weight excluding hydrogens is 343 g/mol. The van der Waals surface area contributed by atoms with Gasteiger partial charge in [0.25, 0.3) is 0 Å². The first kappa shape index (κ1) is 9.03. The normalized spacial score (nSPS) is 10.2. The van der Waals surface area contributed by atoms with Gasteiger partial charge < -0.3 is 4.98 Å². The first-order chi connectivity index (χ1) is 6.22. The van der Waals surface area contributed by atoms with Crippen LogP contribution >= 0.6 is 38.5 Å². The minimum absolute atomic E-state index is 0.673. The number of nitriles is 1. The topological polar surface area (TPSA) is 39.6 Å². The average molecular weight is 347 g/mol. The zero-order valence-corrected chi connectivity index (χ0v) is 10.2. The van der Waals surface area contributed by atoms with E-state index in [2.05, 4.69) is 49.6 Å². The smallest absolute Gasteiger partial charge is 0.101 e. The van der Waals surface area contributed by atoms with E-state index >= 15 is 0 Å². The summed E-state index contributed by atoms with van der Waals surface area (Å²) in [5.41, 5.74) is 1.59. The number of fused-ring (bicyclic) bond motifs is 1. The first-order valence-electron chi connectivity index (χ1n) is 3.58. The Morgan fingerprint density at radius 3 is 2.92 bits per heavy atom. The minimum Gasteiger partial charge on any atom is -0.359 e. The monoisotopic (exact) mass is 346 g/mol. The molecule has 2 rings (SSSR count). The molecule has 0 fully saturated rings. The molecule has 0 radical (unpaired) electrons. The Labute approximate surface area is 97.2 Å². The van der Waals surface area contributed by atoms with Crippen LogP contribution < -0.4 is 0 Å². The van der Waals surface area contributed by atoms with Gasteiger partial charge in [0.15, 0.2) is 0 Å². The fraction of sp³-hybridized carbons (Fsp3) is 0. The average Bonchev–Trinajstić information content (AvgIpc) is 2.47. The Bertz CT molecular complexity index is 510. The van der Waals surface area contributed by atoms with E-state index in [9.17, 15) is 0 Å². The van der Waals surface area contributed by atoms with E-state index in [-0.39, 0.29) is 0 Å². The van der Waals surface area contributed by atoms with Gasteiger partial charge in [-0.3, -0.25) is 0 Å². The number of H-pyrrole nitrogens is 1. The number of halogens is 2. The molecular formula is C9H4BrIN2. The third kappa shape index (κ3) is 1.46. The van der Waals surface area contributed by atoms with Crippen LogP contribution in [0.3, 0.4) is 0 Å². The van der Waals surface area contributed by atoms with Crippen molar-refractivity contribution in [1.29, 1.82) is 5.26 Å².